The second-order valence-corrected chi connectivity index (χ2v) is 7.51. The Balaban J connectivity index is 2.61. The topological polar surface area (TPSA) is 0 Å². The van der Waals surface area contributed by atoms with Crippen LogP contribution in [0.25, 0.3) is 9.65 Å². The summed E-state index contributed by atoms with van der Waals surface area (Å²) in [7, 11) is 0. The molecule has 0 saturated carbocycles. The Labute approximate surface area is 102 Å². The Bertz CT molecular complexity index is 591. The number of aryl methyl sites for hydroxylation is 1. The molecule has 0 aliphatic carbocycles. The van der Waals surface area contributed by atoms with Gasteiger partial charge in [-0.15, -0.1) is 0 Å². The summed E-state index contributed by atoms with van der Waals surface area (Å²) in [4.78, 5) is 0. The van der Waals surface area contributed by atoms with E-state index in [1.54, 1.807) is 0 Å². The van der Waals surface area contributed by atoms with Crippen molar-refractivity contribution in [2.75, 3.05) is 0 Å². The van der Waals surface area contributed by atoms with E-state index < -0.39 is 11.8 Å². The van der Waals surface area contributed by atoms with Gasteiger partial charge in [0.1, 0.15) is 0 Å². The first-order chi connectivity index (χ1) is 8.14. The Hall–Kier alpha value is -0.521. The van der Waals surface area contributed by atoms with Gasteiger partial charge >= 0.3 is 102 Å². The van der Waals surface area contributed by atoms with E-state index in [2.05, 4.69) is 0 Å². The predicted octanol–water partition coefficient (Wildman–Crippen LogP) is 3.79. The molecule has 1 aromatic carbocycles. The minimum absolute atomic E-state index is 0.191. The van der Waals surface area contributed by atoms with Crippen LogP contribution in [0.1, 0.15) is 34.9 Å². The standard InChI is InChI=1S/C14H18Se/c1-10-7-12-6-5-11(8-13(12)15-10)9-14(2,3)4/h5-8H,9H2,1-4H3/i7D,9D2. The molecule has 80 valence electrons. The van der Waals surface area contributed by atoms with Crippen LogP contribution in [-0.4, -0.2) is 14.5 Å². The summed E-state index contributed by atoms with van der Waals surface area (Å²) < 4.78 is 26.8. The fourth-order valence-corrected chi connectivity index (χ4v) is 3.50. The van der Waals surface area contributed by atoms with E-state index in [-0.39, 0.29) is 14.5 Å². The first-order valence-corrected chi connectivity index (χ1v) is 6.86. The van der Waals surface area contributed by atoms with E-state index in [0.29, 0.717) is 6.04 Å². The molecule has 0 N–H and O–H groups in total. The molecule has 1 aromatic heterocycles. The van der Waals surface area contributed by atoms with Gasteiger partial charge in [-0.25, -0.2) is 0 Å². The van der Waals surface area contributed by atoms with Crippen molar-refractivity contribution in [1.82, 2.24) is 0 Å². The minimum atomic E-state index is -1.35. The van der Waals surface area contributed by atoms with Crippen LogP contribution in [0.5, 0.6) is 0 Å². The van der Waals surface area contributed by atoms with Crippen LogP contribution in [0.3, 0.4) is 0 Å². The molecule has 2 rings (SSSR count). The molecule has 0 aliphatic heterocycles. The summed E-state index contributed by atoms with van der Waals surface area (Å²) in [5, 5.41) is 0.987. The normalized spacial score (nSPS) is 16.1. The van der Waals surface area contributed by atoms with Crippen LogP contribution >= 0.6 is 0 Å². The van der Waals surface area contributed by atoms with Gasteiger partial charge in [0.2, 0.25) is 0 Å². The van der Waals surface area contributed by atoms with Crippen LogP contribution in [0.4, 0.5) is 0 Å². The van der Waals surface area contributed by atoms with E-state index >= 15 is 0 Å². The molecule has 0 atom stereocenters. The molecule has 0 bridgehead atoms. The van der Waals surface area contributed by atoms with E-state index in [0.717, 1.165) is 19.6 Å². The van der Waals surface area contributed by atoms with Crippen molar-refractivity contribution in [3.63, 3.8) is 0 Å². The first-order valence-electron chi connectivity index (χ1n) is 6.65. The van der Waals surface area contributed by atoms with Gasteiger partial charge in [-0.05, 0) is 0 Å². The van der Waals surface area contributed by atoms with Crippen LogP contribution in [0, 0.1) is 12.3 Å². The van der Waals surface area contributed by atoms with E-state index in [9.17, 15) is 0 Å². The van der Waals surface area contributed by atoms with E-state index in [4.69, 9.17) is 4.11 Å². The molecule has 0 amide bonds. The van der Waals surface area contributed by atoms with Gasteiger partial charge in [-0.3, -0.25) is 0 Å². The maximum absolute atomic E-state index is 8.30. The van der Waals surface area contributed by atoms with Gasteiger partial charge in [-0.1, -0.05) is 0 Å². The van der Waals surface area contributed by atoms with E-state index in [1.807, 2.05) is 45.9 Å². The van der Waals surface area contributed by atoms with Crippen LogP contribution in [-0.2, 0) is 6.37 Å². The number of benzene rings is 1. The van der Waals surface area contributed by atoms with Crippen molar-refractivity contribution in [2.45, 2.75) is 34.1 Å². The molecule has 0 radical (unpaired) electrons. The molecule has 0 spiro atoms. The van der Waals surface area contributed by atoms with Gasteiger partial charge in [0.15, 0.2) is 0 Å². The van der Waals surface area contributed by atoms with Crippen molar-refractivity contribution in [3.8, 4) is 0 Å². The summed E-state index contributed by atoms with van der Waals surface area (Å²) in [6.45, 7) is 7.76. The average Bonchev–Trinajstić information content (AvgIpc) is 2.53. The average molecular weight is 268 g/mol. The van der Waals surface area contributed by atoms with Gasteiger partial charge in [0.05, 0.1) is 0 Å². The van der Waals surface area contributed by atoms with Crippen molar-refractivity contribution in [3.05, 3.63) is 34.2 Å². The van der Waals surface area contributed by atoms with Crippen molar-refractivity contribution in [2.24, 2.45) is 5.41 Å². The predicted molar refractivity (Wildman–Crippen MR) is 68.8 cm³/mol. The Morgan fingerprint density at radius 2 is 2.13 bits per heavy atom. The second kappa shape index (κ2) is 3.81. The number of rotatable bonds is 1. The van der Waals surface area contributed by atoms with Gasteiger partial charge in [0, 0.05) is 0 Å². The quantitative estimate of drug-likeness (QED) is 0.690. The number of fused-ring (bicyclic) bond motifs is 1. The first kappa shape index (κ1) is 7.70. The van der Waals surface area contributed by atoms with Gasteiger partial charge in [-0.2, -0.15) is 0 Å². The molecule has 15 heavy (non-hydrogen) atoms. The van der Waals surface area contributed by atoms with Crippen LogP contribution in [0.15, 0.2) is 24.2 Å². The molecule has 0 unspecified atom stereocenters. The van der Waals surface area contributed by atoms with Crippen LogP contribution in [0.2, 0.25) is 0 Å². The van der Waals surface area contributed by atoms with Crippen LogP contribution < -0.4 is 0 Å². The molecule has 0 fully saturated rings. The molecule has 1 heterocycles. The molecular formula is C14H18Se. The SMILES string of the molecule is [2H]c1c(C)[se]c2cc(C([2H])([2H])C(C)(C)C)ccc12. The molecule has 0 nitrogen and oxygen atoms in total. The third-order valence-corrected chi connectivity index (χ3v) is 4.10. The Morgan fingerprint density at radius 1 is 1.40 bits per heavy atom. The summed E-state index contributed by atoms with van der Waals surface area (Å²) >= 11 is 0.191. The monoisotopic (exact) mass is 269 g/mol. The molecule has 0 aliphatic rings. The zero-order valence-electron chi connectivity index (χ0n) is 12.6. The van der Waals surface area contributed by atoms with Gasteiger partial charge < -0.3 is 0 Å². The van der Waals surface area contributed by atoms with Crippen molar-refractivity contribution >= 4 is 24.1 Å². The summed E-state index contributed by atoms with van der Waals surface area (Å²) in [5.74, 6) is 0. The zero-order chi connectivity index (χ0) is 13.7. The summed E-state index contributed by atoms with van der Waals surface area (Å²) in [5.41, 5.74) is 0.303. The van der Waals surface area contributed by atoms with Crippen molar-refractivity contribution in [1.29, 1.82) is 0 Å². The molecule has 0 saturated heterocycles. The molecule has 1 heteroatoms. The molecule has 2 aromatic rings. The maximum atomic E-state index is 8.30. The van der Waals surface area contributed by atoms with Crippen molar-refractivity contribution < 1.29 is 4.11 Å². The Morgan fingerprint density at radius 3 is 2.80 bits per heavy atom. The second-order valence-electron chi connectivity index (χ2n) is 4.87. The fourth-order valence-electron chi connectivity index (χ4n) is 1.60. The zero-order valence-corrected chi connectivity index (χ0v) is 11.4. The number of hydrogen-bond donors (Lipinski definition) is 0. The third-order valence-electron chi connectivity index (χ3n) is 2.07. The Kier molecular flexibility index (Phi) is 1.96. The number of hydrogen-bond acceptors (Lipinski definition) is 0. The van der Waals surface area contributed by atoms with Gasteiger partial charge in [0.25, 0.3) is 0 Å². The molecular weight excluding hydrogens is 247 g/mol. The fraction of sp³-hybridized carbons (Fsp3) is 0.429. The summed E-state index contributed by atoms with van der Waals surface area (Å²) in [6.07, 6.45) is -1.35. The summed E-state index contributed by atoms with van der Waals surface area (Å²) in [6, 6.07) is 6.35. The third kappa shape index (κ3) is 2.74. The van der Waals surface area contributed by atoms with E-state index in [1.165, 1.54) is 0 Å².